The third-order valence-corrected chi connectivity index (χ3v) is 4.65. The van der Waals surface area contributed by atoms with E-state index in [1.54, 1.807) is 23.3 Å². The van der Waals surface area contributed by atoms with Crippen molar-refractivity contribution in [1.82, 2.24) is 30.0 Å². The highest BCUT2D eigenvalue weighted by molar-refractivity contribution is 7.13. The first-order valence-electron chi connectivity index (χ1n) is 7.63. The Hall–Kier alpha value is -3.13. The van der Waals surface area contributed by atoms with Gasteiger partial charge in [-0.3, -0.25) is 19.4 Å². The van der Waals surface area contributed by atoms with Crippen LogP contribution < -0.4 is 5.32 Å². The van der Waals surface area contributed by atoms with E-state index in [9.17, 15) is 4.79 Å². The summed E-state index contributed by atoms with van der Waals surface area (Å²) in [7, 11) is 1.83. The van der Waals surface area contributed by atoms with Gasteiger partial charge < -0.3 is 5.32 Å². The summed E-state index contributed by atoms with van der Waals surface area (Å²) in [5, 5.41) is 10.7. The molecule has 0 atom stereocenters. The van der Waals surface area contributed by atoms with Crippen LogP contribution in [0.3, 0.4) is 0 Å². The Morgan fingerprint density at radius 2 is 2.16 bits per heavy atom. The molecule has 0 saturated carbocycles. The van der Waals surface area contributed by atoms with Crippen LogP contribution >= 0.6 is 11.3 Å². The van der Waals surface area contributed by atoms with Crippen molar-refractivity contribution in [3.05, 3.63) is 59.6 Å². The van der Waals surface area contributed by atoms with Gasteiger partial charge >= 0.3 is 0 Å². The van der Waals surface area contributed by atoms with Gasteiger partial charge in [0, 0.05) is 30.2 Å². The minimum atomic E-state index is -0.217. The maximum Gasteiger partial charge on any atom is 0.272 e. The predicted molar refractivity (Wildman–Crippen MR) is 95.0 cm³/mol. The van der Waals surface area contributed by atoms with E-state index in [2.05, 4.69) is 25.4 Å². The van der Waals surface area contributed by atoms with E-state index in [1.807, 2.05) is 36.7 Å². The summed E-state index contributed by atoms with van der Waals surface area (Å²) in [4.78, 5) is 25.2. The SMILES string of the molecule is Cn1nc(C(=O)NCc2csc(-c3cnccn3)n2)c2ccccc21. The van der Waals surface area contributed by atoms with E-state index in [-0.39, 0.29) is 5.91 Å². The fraction of sp³-hybridized carbons (Fsp3) is 0.118. The number of carbonyl (C=O) groups excluding carboxylic acids is 1. The van der Waals surface area contributed by atoms with Crippen LogP contribution in [0.2, 0.25) is 0 Å². The third-order valence-electron chi connectivity index (χ3n) is 3.74. The zero-order valence-electron chi connectivity index (χ0n) is 13.4. The van der Waals surface area contributed by atoms with Crippen molar-refractivity contribution in [2.45, 2.75) is 6.54 Å². The standard InChI is InChI=1S/C17H14N6OS/c1-23-14-5-3-2-4-12(14)15(22-23)16(24)20-8-11-10-25-17(21-11)13-9-18-6-7-19-13/h2-7,9-10H,8H2,1H3,(H,20,24). The fourth-order valence-corrected chi connectivity index (χ4v) is 3.33. The average Bonchev–Trinajstić information content (AvgIpc) is 3.26. The Kier molecular flexibility index (Phi) is 3.95. The Balaban J connectivity index is 1.50. The zero-order valence-corrected chi connectivity index (χ0v) is 14.2. The van der Waals surface area contributed by atoms with Gasteiger partial charge in [-0.2, -0.15) is 5.10 Å². The molecule has 4 aromatic rings. The Morgan fingerprint density at radius 3 is 3.00 bits per heavy atom. The van der Waals surface area contributed by atoms with Crippen LogP contribution in [0.25, 0.3) is 21.6 Å². The third kappa shape index (κ3) is 2.99. The lowest BCUT2D eigenvalue weighted by molar-refractivity contribution is 0.0946. The quantitative estimate of drug-likeness (QED) is 0.611. The summed E-state index contributed by atoms with van der Waals surface area (Å²) in [6.45, 7) is 0.334. The van der Waals surface area contributed by atoms with E-state index >= 15 is 0 Å². The molecule has 0 aliphatic carbocycles. The maximum atomic E-state index is 12.5. The van der Waals surface area contributed by atoms with Crippen molar-refractivity contribution in [2.24, 2.45) is 7.05 Å². The first-order chi connectivity index (χ1) is 12.2. The number of carbonyl (C=O) groups is 1. The van der Waals surface area contributed by atoms with Crippen molar-refractivity contribution in [1.29, 1.82) is 0 Å². The maximum absolute atomic E-state index is 12.5. The van der Waals surface area contributed by atoms with Gasteiger partial charge in [0.2, 0.25) is 0 Å². The smallest absolute Gasteiger partial charge is 0.272 e. The normalized spacial score (nSPS) is 10.9. The number of fused-ring (bicyclic) bond motifs is 1. The summed E-state index contributed by atoms with van der Waals surface area (Å²) in [5.74, 6) is -0.217. The molecule has 4 rings (SSSR count). The van der Waals surface area contributed by atoms with Gasteiger partial charge in [-0.15, -0.1) is 11.3 Å². The van der Waals surface area contributed by atoms with E-state index < -0.39 is 0 Å². The van der Waals surface area contributed by atoms with Crippen LogP contribution in [-0.2, 0) is 13.6 Å². The second-order valence-corrected chi connectivity index (χ2v) is 6.26. The number of para-hydroxylation sites is 1. The van der Waals surface area contributed by atoms with E-state index in [1.165, 1.54) is 11.3 Å². The molecule has 0 aliphatic rings. The first-order valence-corrected chi connectivity index (χ1v) is 8.51. The summed E-state index contributed by atoms with van der Waals surface area (Å²) in [6, 6.07) is 7.66. The first kappa shape index (κ1) is 15.4. The van der Waals surface area contributed by atoms with Gasteiger partial charge in [0.1, 0.15) is 10.7 Å². The Bertz CT molecular complexity index is 1040. The van der Waals surface area contributed by atoms with Crippen LogP contribution in [-0.4, -0.2) is 30.6 Å². The van der Waals surface area contributed by atoms with Gasteiger partial charge in [-0.05, 0) is 6.07 Å². The lowest BCUT2D eigenvalue weighted by Crippen LogP contribution is -2.23. The largest absolute Gasteiger partial charge is 0.345 e. The van der Waals surface area contributed by atoms with Crippen LogP contribution in [0.15, 0.2) is 48.2 Å². The predicted octanol–water partition coefficient (Wildman–Crippen LogP) is 2.42. The van der Waals surface area contributed by atoms with E-state index in [4.69, 9.17) is 0 Å². The molecule has 1 aromatic carbocycles. The fourth-order valence-electron chi connectivity index (χ4n) is 2.55. The summed E-state index contributed by atoms with van der Waals surface area (Å²) in [6.07, 6.45) is 4.92. The Morgan fingerprint density at radius 1 is 1.28 bits per heavy atom. The van der Waals surface area contributed by atoms with Crippen molar-refractivity contribution >= 4 is 28.1 Å². The number of nitrogens with one attached hydrogen (secondary N) is 1. The van der Waals surface area contributed by atoms with Crippen molar-refractivity contribution < 1.29 is 4.79 Å². The number of hydrogen-bond acceptors (Lipinski definition) is 6. The van der Waals surface area contributed by atoms with Crippen LogP contribution in [0.1, 0.15) is 16.2 Å². The number of hydrogen-bond donors (Lipinski definition) is 1. The highest BCUT2D eigenvalue weighted by Crippen LogP contribution is 2.21. The molecule has 3 aromatic heterocycles. The number of benzene rings is 1. The number of aryl methyl sites for hydroxylation is 1. The monoisotopic (exact) mass is 350 g/mol. The van der Waals surface area contributed by atoms with Crippen molar-refractivity contribution in [3.8, 4) is 10.7 Å². The average molecular weight is 350 g/mol. The van der Waals surface area contributed by atoms with Crippen LogP contribution in [0, 0.1) is 0 Å². The van der Waals surface area contributed by atoms with E-state index in [0.29, 0.717) is 12.2 Å². The number of rotatable bonds is 4. The number of thiazole rings is 1. The molecular weight excluding hydrogens is 336 g/mol. The molecule has 25 heavy (non-hydrogen) atoms. The highest BCUT2D eigenvalue weighted by Gasteiger charge is 2.16. The molecule has 0 spiro atoms. The molecule has 1 N–H and O–H groups in total. The van der Waals surface area contributed by atoms with Crippen molar-refractivity contribution in [3.63, 3.8) is 0 Å². The van der Waals surface area contributed by atoms with E-state index in [0.717, 1.165) is 27.3 Å². The Labute approximate surface area is 147 Å². The van der Waals surface area contributed by atoms with Crippen LogP contribution in [0.4, 0.5) is 0 Å². The zero-order chi connectivity index (χ0) is 17.2. The molecule has 1 amide bonds. The molecule has 0 radical (unpaired) electrons. The molecule has 0 saturated heterocycles. The lowest BCUT2D eigenvalue weighted by Gasteiger charge is -2.01. The van der Waals surface area contributed by atoms with Gasteiger partial charge in [0.05, 0.1) is 24.0 Å². The molecule has 0 unspecified atom stereocenters. The van der Waals surface area contributed by atoms with Gasteiger partial charge in [0.25, 0.3) is 5.91 Å². The highest BCUT2D eigenvalue weighted by atomic mass is 32.1. The number of amides is 1. The van der Waals surface area contributed by atoms with Gasteiger partial charge in [-0.25, -0.2) is 4.98 Å². The topological polar surface area (TPSA) is 85.6 Å². The molecular formula is C17H14N6OS. The van der Waals surface area contributed by atoms with Gasteiger partial charge in [0.15, 0.2) is 5.69 Å². The summed E-state index contributed by atoms with van der Waals surface area (Å²) >= 11 is 1.47. The second-order valence-electron chi connectivity index (χ2n) is 5.41. The lowest BCUT2D eigenvalue weighted by atomic mass is 10.2. The molecule has 3 heterocycles. The minimum Gasteiger partial charge on any atom is -0.345 e. The number of nitrogens with zero attached hydrogens (tertiary/aromatic N) is 5. The summed E-state index contributed by atoms with van der Waals surface area (Å²) in [5.41, 5.74) is 2.84. The molecule has 0 bridgehead atoms. The van der Waals surface area contributed by atoms with Gasteiger partial charge in [-0.1, -0.05) is 18.2 Å². The molecule has 0 aliphatic heterocycles. The summed E-state index contributed by atoms with van der Waals surface area (Å²) < 4.78 is 1.71. The second kappa shape index (κ2) is 6.40. The number of aromatic nitrogens is 5. The molecule has 124 valence electrons. The molecule has 8 heteroatoms. The van der Waals surface area contributed by atoms with Crippen LogP contribution in [0.5, 0.6) is 0 Å². The molecule has 7 nitrogen and oxygen atoms in total. The van der Waals surface area contributed by atoms with Crippen molar-refractivity contribution in [2.75, 3.05) is 0 Å². The molecule has 0 fully saturated rings. The minimum absolute atomic E-state index is 0.217.